The molecule has 0 saturated heterocycles. The summed E-state index contributed by atoms with van der Waals surface area (Å²) in [4.78, 5) is 10.7. The zero-order valence-corrected chi connectivity index (χ0v) is 5.00. The molecule has 48 valence electrons. The highest BCUT2D eigenvalue weighted by molar-refractivity contribution is 5.97. The second kappa shape index (κ2) is 2.60. The zero-order chi connectivity index (χ0) is 6.69. The summed E-state index contributed by atoms with van der Waals surface area (Å²) in [5.41, 5.74) is 0.512. The van der Waals surface area contributed by atoms with Gasteiger partial charge in [0.25, 0.3) is 0 Å². The van der Waals surface area contributed by atoms with Crippen molar-refractivity contribution in [1.82, 2.24) is 0 Å². The highest BCUT2D eigenvalue weighted by Gasteiger charge is 2.07. The van der Waals surface area contributed by atoms with E-state index >= 15 is 0 Å². The van der Waals surface area contributed by atoms with E-state index in [4.69, 9.17) is 5.11 Å². The molecule has 0 fully saturated rings. The van der Waals surface area contributed by atoms with Crippen molar-refractivity contribution in [3.63, 3.8) is 0 Å². The molecule has 1 N–H and O–H groups in total. The molecular formula is C7H8O2. The third-order valence-corrected chi connectivity index (χ3v) is 1.27. The van der Waals surface area contributed by atoms with Gasteiger partial charge in [-0.15, -0.1) is 0 Å². The Balaban J connectivity index is 2.74. The number of aliphatic hydroxyl groups is 1. The lowest BCUT2D eigenvalue weighted by Gasteiger charge is -2.01. The van der Waals surface area contributed by atoms with Crippen LogP contribution in [0.3, 0.4) is 0 Å². The minimum Gasteiger partial charge on any atom is -0.392 e. The SMILES string of the molecule is O=C1CC=CC=C1CO. The minimum atomic E-state index is -0.136. The Morgan fingerprint density at radius 3 is 2.89 bits per heavy atom. The number of hydrogen-bond donors (Lipinski definition) is 1. The van der Waals surface area contributed by atoms with Crippen LogP contribution in [0.4, 0.5) is 0 Å². The van der Waals surface area contributed by atoms with Crippen LogP contribution < -0.4 is 0 Å². The van der Waals surface area contributed by atoms with Crippen molar-refractivity contribution in [3.8, 4) is 0 Å². The van der Waals surface area contributed by atoms with E-state index in [0.29, 0.717) is 12.0 Å². The topological polar surface area (TPSA) is 37.3 Å². The molecule has 9 heavy (non-hydrogen) atoms. The largest absolute Gasteiger partial charge is 0.392 e. The van der Waals surface area contributed by atoms with Gasteiger partial charge in [0.2, 0.25) is 0 Å². The molecule has 1 rings (SSSR count). The van der Waals surface area contributed by atoms with Crippen molar-refractivity contribution in [2.75, 3.05) is 6.61 Å². The van der Waals surface area contributed by atoms with Crippen molar-refractivity contribution in [2.24, 2.45) is 0 Å². The Hall–Kier alpha value is -0.890. The summed E-state index contributed by atoms with van der Waals surface area (Å²) < 4.78 is 0. The van der Waals surface area contributed by atoms with Crippen molar-refractivity contribution in [2.45, 2.75) is 6.42 Å². The number of carbonyl (C=O) groups excluding carboxylic acids is 1. The van der Waals surface area contributed by atoms with Crippen LogP contribution in [0.1, 0.15) is 6.42 Å². The highest BCUT2D eigenvalue weighted by Crippen LogP contribution is 2.05. The number of rotatable bonds is 1. The second-order valence-electron chi connectivity index (χ2n) is 1.91. The zero-order valence-electron chi connectivity index (χ0n) is 5.00. The van der Waals surface area contributed by atoms with Crippen LogP contribution >= 0.6 is 0 Å². The molecule has 0 aromatic heterocycles. The summed E-state index contributed by atoms with van der Waals surface area (Å²) in [6, 6.07) is 0. The number of allylic oxidation sites excluding steroid dienone is 3. The molecule has 1 aliphatic carbocycles. The maximum absolute atomic E-state index is 10.7. The number of carbonyl (C=O) groups is 1. The van der Waals surface area contributed by atoms with Crippen LogP contribution in [0.25, 0.3) is 0 Å². The van der Waals surface area contributed by atoms with Crippen LogP contribution in [0, 0.1) is 0 Å². The molecule has 0 aromatic rings. The van der Waals surface area contributed by atoms with Crippen molar-refractivity contribution in [3.05, 3.63) is 23.8 Å². The highest BCUT2D eigenvalue weighted by atomic mass is 16.3. The molecular weight excluding hydrogens is 116 g/mol. The van der Waals surface area contributed by atoms with E-state index in [9.17, 15) is 4.79 Å². The van der Waals surface area contributed by atoms with Gasteiger partial charge in [0.05, 0.1) is 6.61 Å². The van der Waals surface area contributed by atoms with Crippen LogP contribution in [-0.4, -0.2) is 17.5 Å². The number of Topliss-reactive ketones (excluding diaryl/α,β-unsaturated/α-hetero) is 1. The lowest BCUT2D eigenvalue weighted by Crippen LogP contribution is -2.06. The van der Waals surface area contributed by atoms with E-state index < -0.39 is 0 Å². The van der Waals surface area contributed by atoms with Gasteiger partial charge < -0.3 is 5.11 Å². The molecule has 0 unspecified atom stereocenters. The Morgan fingerprint density at radius 2 is 2.44 bits per heavy atom. The molecule has 0 aliphatic heterocycles. The average Bonchev–Trinajstić information content (AvgIpc) is 1.89. The third kappa shape index (κ3) is 1.27. The van der Waals surface area contributed by atoms with Crippen LogP contribution in [0.2, 0.25) is 0 Å². The maximum atomic E-state index is 10.7. The van der Waals surface area contributed by atoms with Gasteiger partial charge in [0.1, 0.15) is 0 Å². The fourth-order valence-corrected chi connectivity index (χ4v) is 0.724. The average molecular weight is 124 g/mol. The second-order valence-corrected chi connectivity index (χ2v) is 1.91. The third-order valence-electron chi connectivity index (χ3n) is 1.27. The first-order valence-electron chi connectivity index (χ1n) is 2.84. The van der Waals surface area contributed by atoms with Crippen LogP contribution in [-0.2, 0) is 4.79 Å². The summed E-state index contributed by atoms with van der Waals surface area (Å²) in [6.45, 7) is -0.136. The molecule has 0 atom stereocenters. The number of ketones is 1. The first kappa shape index (κ1) is 6.23. The van der Waals surface area contributed by atoms with Crippen molar-refractivity contribution >= 4 is 5.78 Å². The minimum absolute atomic E-state index is 0.0278. The van der Waals surface area contributed by atoms with Crippen molar-refractivity contribution in [1.29, 1.82) is 0 Å². The van der Waals surface area contributed by atoms with E-state index in [1.165, 1.54) is 0 Å². The van der Waals surface area contributed by atoms with Gasteiger partial charge in [-0.3, -0.25) is 4.79 Å². The number of hydrogen-bond acceptors (Lipinski definition) is 2. The Labute approximate surface area is 53.5 Å². The van der Waals surface area contributed by atoms with Gasteiger partial charge in [0.15, 0.2) is 5.78 Å². The molecule has 2 heteroatoms. The Morgan fingerprint density at radius 1 is 1.67 bits per heavy atom. The van der Waals surface area contributed by atoms with Crippen molar-refractivity contribution < 1.29 is 9.90 Å². The van der Waals surface area contributed by atoms with E-state index in [0.717, 1.165) is 0 Å². The molecule has 0 heterocycles. The fourth-order valence-electron chi connectivity index (χ4n) is 0.724. The van der Waals surface area contributed by atoms with E-state index in [1.807, 2.05) is 0 Å². The standard InChI is InChI=1S/C7H8O2/c8-5-6-3-1-2-4-7(6)9/h1-3,8H,4-5H2. The van der Waals surface area contributed by atoms with E-state index in [-0.39, 0.29) is 12.4 Å². The normalized spacial score (nSPS) is 17.9. The van der Waals surface area contributed by atoms with Gasteiger partial charge in [-0.2, -0.15) is 0 Å². The molecule has 0 spiro atoms. The molecule has 2 nitrogen and oxygen atoms in total. The summed E-state index contributed by atoms with van der Waals surface area (Å²) in [6.07, 6.45) is 5.65. The molecule has 1 aliphatic rings. The molecule has 0 amide bonds. The lowest BCUT2D eigenvalue weighted by molar-refractivity contribution is -0.115. The summed E-state index contributed by atoms with van der Waals surface area (Å²) in [5, 5.41) is 8.54. The lowest BCUT2D eigenvalue weighted by atomic mass is 10.1. The Bertz CT molecular complexity index is 177. The molecule has 0 aromatic carbocycles. The van der Waals surface area contributed by atoms with E-state index in [2.05, 4.69) is 0 Å². The van der Waals surface area contributed by atoms with Crippen LogP contribution in [0.15, 0.2) is 23.8 Å². The first-order valence-corrected chi connectivity index (χ1v) is 2.84. The molecule has 0 radical (unpaired) electrons. The first-order chi connectivity index (χ1) is 4.34. The molecule has 0 saturated carbocycles. The van der Waals surface area contributed by atoms with Gasteiger partial charge >= 0.3 is 0 Å². The Kier molecular flexibility index (Phi) is 1.80. The summed E-state index contributed by atoms with van der Waals surface area (Å²) in [5.74, 6) is 0.0278. The predicted octanol–water partition coefficient (Wildman–Crippen LogP) is 0.434. The monoisotopic (exact) mass is 124 g/mol. The fraction of sp³-hybridized carbons (Fsp3) is 0.286. The maximum Gasteiger partial charge on any atom is 0.164 e. The number of aliphatic hydroxyl groups excluding tert-OH is 1. The quantitative estimate of drug-likeness (QED) is 0.550. The van der Waals surface area contributed by atoms with E-state index in [1.54, 1.807) is 18.2 Å². The van der Waals surface area contributed by atoms with Gasteiger partial charge in [-0.1, -0.05) is 18.2 Å². The summed E-state index contributed by atoms with van der Waals surface area (Å²) >= 11 is 0. The van der Waals surface area contributed by atoms with Gasteiger partial charge in [-0.05, 0) is 0 Å². The van der Waals surface area contributed by atoms with Gasteiger partial charge in [-0.25, -0.2) is 0 Å². The smallest absolute Gasteiger partial charge is 0.164 e. The molecule has 0 bridgehead atoms. The summed E-state index contributed by atoms with van der Waals surface area (Å²) in [7, 11) is 0. The van der Waals surface area contributed by atoms with Crippen LogP contribution in [0.5, 0.6) is 0 Å². The predicted molar refractivity (Wildman–Crippen MR) is 33.9 cm³/mol. The van der Waals surface area contributed by atoms with Gasteiger partial charge in [0, 0.05) is 12.0 Å².